The molecule has 1 atom stereocenters. The van der Waals surface area contributed by atoms with E-state index < -0.39 is 23.1 Å². The zero-order valence-electron chi connectivity index (χ0n) is 11.8. The Labute approximate surface area is 116 Å². The molecule has 1 aromatic heterocycles. The van der Waals surface area contributed by atoms with Crippen LogP contribution in [-0.2, 0) is 6.18 Å². The summed E-state index contributed by atoms with van der Waals surface area (Å²) in [5.74, 6) is -0.624. The summed E-state index contributed by atoms with van der Waals surface area (Å²) in [7, 11) is 0. The molecule has 20 heavy (non-hydrogen) atoms. The van der Waals surface area contributed by atoms with Crippen molar-refractivity contribution in [1.29, 1.82) is 0 Å². The number of nitrogens with two attached hydrogens (primary N) is 2. The average Bonchev–Trinajstić information content (AvgIpc) is 2.22. The molecular weight excluding hydrogens is 271 g/mol. The Morgan fingerprint density at radius 3 is 2.45 bits per heavy atom. The molecule has 0 aromatic carbocycles. The van der Waals surface area contributed by atoms with Crippen LogP contribution >= 0.6 is 0 Å². The van der Waals surface area contributed by atoms with Gasteiger partial charge in [-0.3, -0.25) is 0 Å². The van der Waals surface area contributed by atoms with Gasteiger partial charge in [-0.15, -0.1) is 0 Å². The van der Waals surface area contributed by atoms with E-state index in [2.05, 4.69) is 4.98 Å². The average molecular weight is 291 g/mol. The van der Waals surface area contributed by atoms with Crippen LogP contribution in [0.25, 0.3) is 0 Å². The maximum Gasteiger partial charge on any atom is 0.423 e. The predicted octanol–water partition coefficient (Wildman–Crippen LogP) is 2.82. The lowest BCUT2D eigenvalue weighted by Gasteiger charge is -2.27. The molecule has 0 fully saturated rings. The molecule has 0 spiro atoms. The van der Waals surface area contributed by atoms with Gasteiger partial charge in [0.2, 0.25) is 0 Å². The molecule has 1 heterocycles. The molecule has 114 valence electrons. The van der Waals surface area contributed by atoms with Crippen molar-refractivity contribution in [3.05, 3.63) is 17.8 Å². The molecule has 1 aromatic rings. The minimum Gasteiger partial charge on any atom is -0.491 e. The molecule has 0 radical (unpaired) electrons. The molecule has 0 bridgehead atoms. The summed E-state index contributed by atoms with van der Waals surface area (Å²) >= 11 is 0. The van der Waals surface area contributed by atoms with Gasteiger partial charge in [-0.2, -0.15) is 13.2 Å². The topological polar surface area (TPSA) is 74.2 Å². The first kappa shape index (κ1) is 16.6. The van der Waals surface area contributed by atoms with Crippen molar-refractivity contribution in [2.75, 3.05) is 12.3 Å². The van der Waals surface area contributed by atoms with Crippen LogP contribution in [0.2, 0.25) is 0 Å². The van der Waals surface area contributed by atoms with Gasteiger partial charge in [0.1, 0.15) is 23.7 Å². The van der Waals surface area contributed by atoms with Crippen molar-refractivity contribution in [1.82, 2.24) is 4.98 Å². The normalized spacial score (nSPS) is 15.2. The van der Waals surface area contributed by atoms with Gasteiger partial charge < -0.3 is 16.2 Å². The van der Waals surface area contributed by atoms with E-state index in [1.54, 1.807) is 6.92 Å². The summed E-state index contributed by atoms with van der Waals surface area (Å²) in [5.41, 5.74) is 9.53. The van der Waals surface area contributed by atoms with Crippen molar-refractivity contribution >= 4 is 5.82 Å². The fourth-order valence-electron chi connectivity index (χ4n) is 2.10. The zero-order valence-corrected chi connectivity index (χ0v) is 11.8. The van der Waals surface area contributed by atoms with Crippen LogP contribution in [0.5, 0.6) is 5.75 Å². The standard InChI is InChI=1S/C13H20F3N3O/c1-8(2)6-12(3,18)7-20-9-4-5-19-11(17)10(9)13(14,15)16/h4-5,8H,6-7,18H2,1-3H3,(H2,17,19)/t12-/m0/s1. The maximum absolute atomic E-state index is 12.9. The molecule has 4 N–H and O–H groups in total. The summed E-state index contributed by atoms with van der Waals surface area (Å²) in [6.07, 6.45) is -2.80. The van der Waals surface area contributed by atoms with Crippen molar-refractivity contribution in [2.45, 2.75) is 38.9 Å². The molecular formula is C13H20F3N3O. The smallest absolute Gasteiger partial charge is 0.423 e. The number of aromatic nitrogens is 1. The second-order valence-corrected chi connectivity index (χ2v) is 5.61. The SMILES string of the molecule is CC(C)C[C@](C)(N)COc1ccnc(N)c1C(F)(F)F. The highest BCUT2D eigenvalue weighted by molar-refractivity contribution is 5.50. The van der Waals surface area contributed by atoms with E-state index in [1.165, 1.54) is 6.20 Å². The third-order valence-electron chi connectivity index (χ3n) is 2.66. The van der Waals surface area contributed by atoms with Crippen LogP contribution in [0.3, 0.4) is 0 Å². The minimum atomic E-state index is -4.61. The molecule has 0 unspecified atom stereocenters. The van der Waals surface area contributed by atoms with Gasteiger partial charge in [0.05, 0.1) is 0 Å². The molecule has 4 nitrogen and oxygen atoms in total. The van der Waals surface area contributed by atoms with Crippen LogP contribution in [0.15, 0.2) is 12.3 Å². The summed E-state index contributed by atoms with van der Waals surface area (Å²) in [6.45, 7) is 5.68. The van der Waals surface area contributed by atoms with E-state index in [9.17, 15) is 13.2 Å². The number of pyridine rings is 1. The summed E-state index contributed by atoms with van der Waals surface area (Å²) in [6, 6.07) is 1.14. The van der Waals surface area contributed by atoms with Gasteiger partial charge in [-0.1, -0.05) is 13.8 Å². The highest BCUT2D eigenvalue weighted by Gasteiger charge is 2.38. The van der Waals surface area contributed by atoms with E-state index in [0.717, 1.165) is 6.07 Å². The van der Waals surface area contributed by atoms with Crippen molar-refractivity contribution in [2.24, 2.45) is 11.7 Å². The molecule has 0 amide bonds. The van der Waals surface area contributed by atoms with Gasteiger partial charge in [0.25, 0.3) is 0 Å². The number of hydrogen-bond acceptors (Lipinski definition) is 4. The number of nitrogen functional groups attached to an aromatic ring is 1. The molecule has 1 rings (SSSR count). The molecule has 0 aliphatic carbocycles. The minimum absolute atomic E-state index is 0.0300. The Morgan fingerprint density at radius 2 is 1.95 bits per heavy atom. The van der Waals surface area contributed by atoms with Crippen molar-refractivity contribution < 1.29 is 17.9 Å². The molecule has 0 aliphatic heterocycles. The summed E-state index contributed by atoms with van der Waals surface area (Å²) < 4.78 is 44.0. The van der Waals surface area contributed by atoms with E-state index in [4.69, 9.17) is 16.2 Å². The van der Waals surface area contributed by atoms with Crippen LogP contribution in [-0.4, -0.2) is 17.1 Å². The van der Waals surface area contributed by atoms with E-state index in [1.807, 2.05) is 13.8 Å². The molecule has 0 aliphatic rings. The number of halogens is 3. The quantitative estimate of drug-likeness (QED) is 0.874. The number of ether oxygens (including phenoxy) is 1. The highest BCUT2D eigenvalue weighted by atomic mass is 19.4. The van der Waals surface area contributed by atoms with E-state index in [-0.39, 0.29) is 12.4 Å². The van der Waals surface area contributed by atoms with Crippen LogP contribution in [0, 0.1) is 5.92 Å². The number of anilines is 1. The highest BCUT2D eigenvalue weighted by Crippen LogP contribution is 2.39. The van der Waals surface area contributed by atoms with Gasteiger partial charge in [-0.05, 0) is 25.3 Å². The number of hydrogen-bond donors (Lipinski definition) is 2. The molecule has 0 saturated heterocycles. The second-order valence-electron chi connectivity index (χ2n) is 5.61. The second kappa shape index (κ2) is 5.87. The lowest BCUT2D eigenvalue weighted by molar-refractivity contribution is -0.138. The largest absolute Gasteiger partial charge is 0.491 e. The maximum atomic E-state index is 12.9. The van der Waals surface area contributed by atoms with Gasteiger partial charge in [-0.25, -0.2) is 4.98 Å². The van der Waals surface area contributed by atoms with Crippen LogP contribution in [0.4, 0.5) is 19.0 Å². The van der Waals surface area contributed by atoms with Crippen molar-refractivity contribution in [3.8, 4) is 5.75 Å². The van der Waals surface area contributed by atoms with Gasteiger partial charge >= 0.3 is 6.18 Å². The fraction of sp³-hybridized carbons (Fsp3) is 0.615. The summed E-state index contributed by atoms with van der Waals surface area (Å²) in [4.78, 5) is 3.45. The zero-order chi connectivity index (χ0) is 15.6. The Bertz CT molecular complexity index is 459. The lowest BCUT2D eigenvalue weighted by atomic mass is 9.93. The molecule has 0 saturated carbocycles. The predicted molar refractivity (Wildman–Crippen MR) is 71.2 cm³/mol. The monoisotopic (exact) mass is 291 g/mol. The fourth-order valence-corrected chi connectivity index (χ4v) is 2.10. The number of alkyl halides is 3. The first-order valence-corrected chi connectivity index (χ1v) is 6.26. The van der Waals surface area contributed by atoms with E-state index in [0.29, 0.717) is 12.3 Å². The third kappa shape index (κ3) is 4.56. The lowest BCUT2D eigenvalue weighted by Crippen LogP contribution is -2.43. The number of rotatable bonds is 5. The van der Waals surface area contributed by atoms with E-state index >= 15 is 0 Å². The third-order valence-corrected chi connectivity index (χ3v) is 2.66. The van der Waals surface area contributed by atoms with Crippen LogP contribution in [0.1, 0.15) is 32.8 Å². The Morgan fingerprint density at radius 1 is 1.35 bits per heavy atom. The molecule has 7 heteroatoms. The first-order chi connectivity index (χ1) is 9.03. The van der Waals surface area contributed by atoms with Gasteiger partial charge in [0, 0.05) is 11.7 Å². The first-order valence-electron chi connectivity index (χ1n) is 6.26. The number of nitrogens with zero attached hydrogens (tertiary/aromatic N) is 1. The van der Waals surface area contributed by atoms with Crippen LogP contribution < -0.4 is 16.2 Å². The Kier molecular flexibility index (Phi) is 4.86. The summed E-state index contributed by atoms with van der Waals surface area (Å²) in [5, 5.41) is 0. The Hall–Kier alpha value is -1.50. The van der Waals surface area contributed by atoms with Crippen molar-refractivity contribution in [3.63, 3.8) is 0 Å². The van der Waals surface area contributed by atoms with Gasteiger partial charge in [0.15, 0.2) is 0 Å². The Balaban J connectivity index is 2.92.